The van der Waals surface area contributed by atoms with E-state index in [1.54, 1.807) is 12.0 Å². The van der Waals surface area contributed by atoms with E-state index in [-0.39, 0.29) is 42.2 Å². The molecule has 0 saturated carbocycles. The zero-order valence-electron chi connectivity index (χ0n) is 21.3. The Bertz CT molecular complexity index is 1340. The van der Waals surface area contributed by atoms with Crippen molar-refractivity contribution in [3.8, 4) is 5.75 Å². The third-order valence-corrected chi connectivity index (χ3v) is 9.56. The number of rotatable bonds is 8. The first-order valence-corrected chi connectivity index (χ1v) is 14.0. The number of methoxy groups -OCH3 is 1. The number of aromatic nitrogens is 1. The number of nitrogens with zero attached hydrogens (tertiary/aromatic N) is 4. The largest absolute Gasteiger partial charge is 0.494 e. The topological polar surface area (TPSA) is 83.0 Å². The number of sulfonamides is 1. The molecule has 0 atom stereocenters. The Morgan fingerprint density at radius 3 is 2.38 bits per heavy atom. The van der Waals surface area contributed by atoms with Crippen LogP contribution >= 0.6 is 23.7 Å². The van der Waals surface area contributed by atoms with Gasteiger partial charge in [0.15, 0.2) is 5.13 Å². The summed E-state index contributed by atoms with van der Waals surface area (Å²) < 4.78 is 47.1. The van der Waals surface area contributed by atoms with Crippen LogP contribution in [0.5, 0.6) is 5.75 Å². The first-order valence-electron chi connectivity index (χ1n) is 11.8. The van der Waals surface area contributed by atoms with E-state index in [1.807, 2.05) is 38.1 Å². The molecule has 1 aliphatic heterocycles. The molecule has 8 nitrogen and oxygen atoms in total. The SMILES string of the molecule is COc1ccc(C)c2sc(N(CCN(C)C)C(=O)C3CCN(S(=O)(=O)c4ccc(F)cc4)CC3)nc12.Cl. The number of fused-ring (bicyclic) bond motifs is 1. The maximum atomic E-state index is 13.7. The fraction of sp³-hybridized carbons (Fsp3) is 0.440. The predicted molar refractivity (Wildman–Crippen MR) is 147 cm³/mol. The number of aryl methyl sites for hydroxylation is 1. The summed E-state index contributed by atoms with van der Waals surface area (Å²) in [4.78, 5) is 22.3. The van der Waals surface area contributed by atoms with Crippen molar-refractivity contribution in [2.75, 3.05) is 52.3 Å². The van der Waals surface area contributed by atoms with Crippen molar-refractivity contribution >= 4 is 55.0 Å². The minimum atomic E-state index is -3.74. The Morgan fingerprint density at radius 2 is 1.78 bits per heavy atom. The number of thiazole rings is 1. The molecule has 1 aromatic heterocycles. The molecule has 3 aromatic rings. The van der Waals surface area contributed by atoms with Gasteiger partial charge in [0.2, 0.25) is 15.9 Å². The molecule has 1 amide bonds. The summed E-state index contributed by atoms with van der Waals surface area (Å²) >= 11 is 1.47. The molecule has 1 fully saturated rings. The van der Waals surface area contributed by atoms with E-state index in [1.165, 1.54) is 27.8 Å². The lowest BCUT2D eigenvalue weighted by Crippen LogP contribution is -2.46. The number of benzene rings is 2. The second-order valence-electron chi connectivity index (χ2n) is 9.18. The molecule has 0 bridgehead atoms. The number of hydrogen-bond acceptors (Lipinski definition) is 7. The summed E-state index contributed by atoms with van der Waals surface area (Å²) in [7, 11) is 1.77. The normalized spacial score (nSPS) is 15.1. The maximum Gasteiger partial charge on any atom is 0.243 e. The van der Waals surface area contributed by atoms with Gasteiger partial charge in [-0.15, -0.1) is 12.4 Å². The lowest BCUT2D eigenvalue weighted by molar-refractivity contribution is -0.123. The van der Waals surface area contributed by atoms with Gasteiger partial charge in [-0.3, -0.25) is 9.69 Å². The van der Waals surface area contributed by atoms with Crippen LogP contribution < -0.4 is 9.64 Å². The van der Waals surface area contributed by atoms with Crippen LogP contribution in [0.2, 0.25) is 0 Å². The third kappa shape index (κ3) is 6.23. The van der Waals surface area contributed by atoms with E-state index in [9.17, 15) is 17.6 Å². The number of hydrogen-bond donors (Lipinski definition) is 0. The standard InChI is InChI=1S/C25H31FN4O4S2.ClH/c1-17-5-10-21(34-4)22-23(17)35-25(27-22)30(16-15-28(2)3)24(31)18-11-13-29(14-12-18)36(32,33)20-8-6-19(26)7-9-20;/h5-10,18H,11-16H2,1-4H3;1H. The Kier molecular flexibility index (Phi) is 9.52. The van der Waals surface area contributed by atoms with Gasteiger partial charge >= 0.3 is 0 Å². The van der Waals surface area contributed by atoms with Gasteiger partial charge in [0.25, 0.3) is 0 Å². The summed E-state index contributed by atoms with van der Waals surface area (Å²) in [6, 6.07) is 8.68. The minimum Gasteiger partial charge on any atom is -0.494 e. The predicted octanol–water partition coefficient (Wildman–Crippen LogP) is 4.17. The monoisotopic (exact) mass is 570 g/mol. The van der Waals surface area contributed by atoms with Crippen LogP contribution in [0.15, 0.2) is 41.3 Å². The molecule has 1 saturated heterocycles. The van der Waals surface area contributed by atoms with Gasteiger partial charge in [0, 0.05) is 32.1 Å². The van der Waals surface area contributed by atoms with Crippen molar-refractivity contribution in [3.05, 3.63) is 47.8 Å². The van der Waals surface area contributed by atoms with Crippen LogP contribution in [0.4, 0.5) is 9.52 Å². The lowest BCUT2D eigenvalue weighted by atomic mass is 9.96. The van der Waals surface area contributed by atoms with Crippen LogP contribution in [0.3, 0.4) is 0 Å². The number of piperidine rings is 1. The molecule has 12 heteroatoms. The highest BCUT2D eigenvalue weighted by atomic mass is 35.5. The van der Waals surface area contributed by atoms with E-state index in [2.05, 4.69) is 0 Å². The summed E-state index contributed by atoms with van der Waals surface area (Å²) in [5.74, 6) is -0.190. The average Bonchev–Trinajstić information content (AvgIpc) is 3.30. The number of halogens is 2. The second kappa shape index (κ2) is 12.0. The summed E-state index contributed by atoms with van der Waals surface area (Å²) in [6.07, 6.45) is 0.815. The Labute approximate surface area is 227 Å². The first-order chi connectivity index (χ1) is 17.1. The molecule has 202 valence electrons. The van der Waals surface area contributed by atoms with Gasteiger partial charge in [0.1, 0.15) is 17.1 Å². The number of anilines is 1. The Morgan fingerprint density at radius 1 is 1.14 bits per heavy atom. The van der Waals surface area contributed by atoms with E-state index >= 15 is 0 Å². The highest BCUT2D eigenvalue weighted by Gasteiger charge is 2.35. The smallest absolute Gasteiger partial charge is 0.243 e. The highest BCUT2D eigenvalue weighted by molar-refractivity contribution is 7.89. The van der Waals surface area contributed by atoms with Gasteiger partial charge in [0.05, 0.1) is 16.7 Å². The van der Waals surface area contributed by atoms with E-state index in [4.69, 9.17) is 9.72 Å². The van der Waals surface area contributed by atoms with Gasteiger partial charge in [-0.05, 0) is 69.8 Å². The first kappa shape index (κ1) is 29.2. The molecular formula is C25H32ClFN4O4S2. The maximum absolute atomic E-state index is 13.7. The van der Waals surface area contributed by atoms with Crippen LogP contribution in [-0.4, -0.2) is 75.9 Å². The number of likely N-dealkylation sites (N-methyl/N-ethyl adjacent to an activating group) is 1. The molecule has 0 spiro atoms. The second-order valence-corrected chi connectivity index (χ2v) is 12.1. The zero-order chi connectivity index (χ0) is 26.0. The van der Waals surface area contributed by atoms with Crippen LogP contribution in [0.1, 0.15) is 18.4 Å². The molecule has 0 aliphatic carbocycles. The zero-order valence-corrected chi connectivity index (χ0v) is 23.8. The fourth-order valence-electron chi connectivity index (χ4n) is 4.30. The van der Waals surface area contributed by atoms with Crippen LogP contribution in [-0.2, 0) is 14.8 Å². The molecule has 2 heterocycles. The molecule has 1 aliphatic rings. The van der Waals surface area contributed by atoms with Crippen molar-refractivity contribution in [2.45, 2.75) is 24.7 Å². The molecule has 2 aromatic carbocycles. The number of carbonyl (C=O) groups is 1. The number of ether oxygens (including phenoxy) is 1. The quantitative estimate of drug-likeness (QED) is 0.404. The van der Waals surface area contributed by atoms with Crippen molar-refractivity contribution in [3.63, 3.8) is 0 Å². The molecule has 37 heavy (non-hydrogen) atoms. The number of amides is 1. The van der Waals surface area contributed by atoms with Crippen molar-refractivity contribution in [1.29, 1.82) is 0 Å². The average molecular weight is 571 g/mol. The Hall–Kier alpha value is -2.31. The molecule has 4 rings (SSSR count). The molecule has 0 radical (unpaired) electrons. The molecule has 0 N–H and O–H groups in total. The molecule has 0 unspecified atom stereocenters. The highest BCUT2D eigenvalue weighted by Crippen LogP contribution is 2.37. The fourth-order valence-corrected chi connectivity index (χ4v) is 6.85. The minimum absolute atomic E-state index is 0. The van der Waals surface area contributed by atoms with E-state index < -0.39 is 15.8 Å². The van der Waals surface area contributed by atoms with Crippen molar-refractivity contribution < 1.29 is 22.3 Å². The van der Waals surface area contributed by atoms with Crippen molar-refractivity contribution in [2.24, 2.45) is 5.92 Å². The molecular weight excluding hydrogens is 539 g/mol. The van der Waals surface area contributed by atoms with E-state index in [0.29, 0.717) is 36.8 Å². The van der Waals surface area contributed by atoms with Gasteiger partial charge in [-0.25, -0.2) is 17.8 Å². The summed E-state index contributed by atoms with van der Waals surface area (Å²) in [5.41, 5.74) is 1.80. The van der Waals surface area contributed by atoms with Gasteiger partial charge < -0.3 is 9.64 Å². The van der Waals surface area contributed by atoms with Crippen molar-refractivity contribution in [1.82, 2.24) is 14.2 Å². The van der Waals surface area contributed by atoms with Crippen LogP contribution in [0.25, 0.3) is 10.2 Å². The van der Waals surface area contributed by atoms with Gasteiger partial charge in [-0.2, -0.15) is 4.31 Å². The van der Waals surface area contributed by atoms with E-state index in [0.717, 1.165) is 27.9 Å². The third-order valence-electron chi connectivity index (χ3n) is 6.43. The Balaban J connectivity index is 0.00000380. The summed E-state index contributed by atoms with van der Waals surface area (Å²) in [5, 5.41) is 0.616. The lowest BCUT2D eigenvalue weighted by Gasteiger charge is -2.33. The van der Waals surface area contributed by atoms with Crippen LogP contribution in [0, 0.1) is 18.7 Å². The van der Waals surface area contributed by atoms with Gasteiger partial charge in [-0.1, -0.05) is 17.4 Å². The number of carbonyl (C=O) groups excluding carboxylic acids is 1. The summed E-state index contributed by atoms with van der Waals surface area (Å²) in [6.45, 7) is 3.60.